The molecule has 1 heterocycles. The van der Waals surface area contributed by atoms with E-state index in [0.717, 1.165) is 37.4 Å². The first kappa shape index (κ1) is 14.3. The Balaban J connectivity index is 1.84. The summed E-state index contributed by atoms with van der Waals surface area (Å²) < 4.78 is 0.557. The molecule has 2 rings (SSSR count). The van der Waals surface area contributed by atoms with Crippen LogP contribution in [0.5, 0.6) is 0 Å². The molecular weight excluding hydrogens is 286 g/mol. The third-order valence-electron chi connectivity index (χ3n) is 2.93. The first-order valence-corrected chi connectivity index (χ1v) is 7.94. The molecule has 0 saturated heterocycles. The van der Waals surface area contributed by atoms with Gasteiger partial charge in [-0.05, 0) is 12.8 Å². The van der Waals surface area contributed by atoms with E-state index in [1.807, 2.05) is 0 Å². The first-order valence-electron chi connectivity index (χ1n) is 6.14. The molecule has 0 atom stereocenters. The highest BCUT2D eigenvalue weighted by molar-refractivity contribution is 8.01. The zero-order valence-electron chi connectivity index (χ0n) is 10.3. The summed E-state index contributed by atoms with van der Waals surface area (Å²) in [4.78, 5) is 22.4. The van der Waals surface area contributed by atoms with Gasteiger partial charge in [0.05, 0.1) is 5.75 Å². The summed E-state index contributed by atoms with van der Waals surface area (Å²) >= 11 is 2.32. The Morgan fingerprint density at radius 2 is 2.05 bits per heavy atom. The average Bonchev–Trinajstić information content (AvgIpc) is 2.85. The average molecular weight is 301 g/mol. The lowest BCUT2D eigenvalue weighted by molar-refractivity contribution is -0.133. The lowest BCUT2D eigenvalue weighted by Gasteiger charge is -2.19. The van der Waals surface area contributed by atoms with E-state index in [2.05, 4.69) is 15.5 Å². The molecule has 1 amide bonds. The van der Waals surface area contributed by atoms with Crippen molar-refractivity contribution in [2.45, 2.75) is 36.4 Å². The Kier molecular flexibility index (Phi) is 5.15. The van der Waals surface area contributed by atoms with Gasteiger partial charge in [-0.25, -0.2) is 0 Å². The summed E-state index contributed by atoms with van der Waals surface area (Å²) in [5.41, 5.74) is 0. The van der Waals surface area contributed by atoms with Crippen molar-refractivity contribution in [3.8, 4) is 0 Å². The Morgan fingerprint density at radius 1 is 1.32 bits per heavy atom. The number of carbonyl (C=O) groups is 2. The third kappa shape index (κ3) is 4.46. The molecule has 19 heavy (non-hydrogen) atoms. The second-order valence-corrected chi connectivity index (χ2v) is 6.58. The van der Waals surface area contributed by atoms with Gasteiger partial charge in [-0.3, -0.25) is 9.59 Å². The van der Waals surface area contributed by atoms with Crippen LogP contribution < -0.4 is 5.32 Å². The molecule has 0 bridgehead atoms. The second kappa shape index (κ2) is 6.85. The number of carboxylic acids is 1. The number of hydrogen-bond donors (Lipinski definition) is 2. The highest BCUT2D eigenvalue weighted by atomic mass is 32.2. The fourth-order valence-electron chi connectivity index (χ4n) is 2.01. The first-order chi connectivity index (χ1) is 9.15. The number of nitrogens with one attached hydrogen (secondary N) is 1. The summed E-state index contributed by atoms with van der Waals surface area (Å²) in [6.07, 6.45) is 5.29. The minimum absolute atomic E-state index is 0.00522. The van der Waals surface area contributed by atoms with E-state index in [9.17, 15) is 9.59 Å². The molecule has 1 aromatic rings. The van der Waals surface area contributed by atoms with Gasteiger partial charge in [-0.1, -0.05) is 42.4 Å². The largest absolute Gasteiger partial charge is 0.481 e. The summed E-state index contributed by atoms with van der Waals surface area (Å²) in [5.74, 6) is -0.864. The van der Waals surface area contributed by atoms with Crippen LogP contribution in [0, 0.1) is 5.92 Å². The molecule has 1 aromatic heterocycles. The number of carbonyl (C=O) groups excluding carboxylic acids is 1. The van der Waals surface area contributed by atoms with E-state index in [0.29, 0.717) is 9.47 Å². The Bertz CT molecular complexity index is 458. The van der Waals surface area contributed by atoms with Crippen LogP contribution in [-0.2, 0) is 9.59 Å². The van der Waals surface area contributed by atoms with Crippen molar-refractivity contribution in [1.29, 1.82) is 0 Å². The summed E-state index contributed by atoms with van der Waals surface area (Å²) in [6, 6.07) is 0. The normalized spacial score (nSPS) is 16.2. The van der Waals surface area contributed by atoms with Crippen LogP contribution in [-0.4, -0.2) is 32.9 Å². The number of anilines is 1. The van der Waals surface area contributed by atoms with E-state index >= 15 is 0 Å². The van der Waals surface area contributed by atoms with Crippen LogP contribution in [0.2, 0.25) is 0 Å². The maximum atomic E-state index is 12.0. The number of nitrogens with zero attached hydrogens (tertiary/aromatic N) is 2. The Morgan fingerprint density at radius 3 is 2.74 bits per heavy atom. The molecule has 0 unspecified atom stereocenters. The van der Waals surface area contributed by atoms with Gasteiger partial charge >= 0.3 is 5.97 Å². The molecule has 2 N–H and O–H groups in total. The number of hydrogen-bond acceptors (Lipinski definition) is 6. The van der Waals surface area contributed by atoms with Crippen molar-refractivity contribution in [2.24, 2.45) is 5.92 Å². The molecule has 1 fully saturated rings. The summed E-state index contributed by atoms with van der Waals surface area (Å²) in [6.45, 7) is 0. The predicted octanol–water partition coefficient (Wildman–Crippen LogP) is 2.23. The van der Waals surface area contributed by atoms with Gasteiger partial charge in [0.15, 0.2) is 4.34 Å². The number of thioether (sulfide) groups is 1. The van der Waals surface area contributed by atoms with E-state index in [1.165, 1.54) is 17.8 Å². The molecule has 0 spiro atoms. The predicted molar refractivity (Wildman–Crippen MR) is 73.5 cm³/mol. The van der Waals surface area contributed by atoms with Crippen LogP contribution in [0.1, 0.15) is 32.1 Å². The summed E-state index contributed by atoms with van der Waals surface area (Å²) in [5, 5.41) is 19.5. The lowest BCUT2D eigenvalue weighted by atomic mass is 9.89. The van der Waals surface area contributed by atoms with Crippen LogP contribution in [0.3, 0.4) is 0 Å². The second-order valence-electron chi connectivity index (χ2n) is 4.38. The smallest absolute Gasteiger partial charge is 0.313 e. The quantitative estimate of drug-likeness (QED) is 0.640. The van der Waals surface area contributed by atoms with Crippen molar-refractivity contribution in [2.75, 3.05) is 11.1 Å². The number of amides is 1. The van der Waals surface area contributed by atoms with Gasteiger partial charge in [0.25, 0.3) is 0 Å². The molecule has 1 aliphatic rings. The minimum atomic E-state index is -0.895. The molecule has 0 aliphatic heterocycles. The number of carboxylic acid groups (broad SMARTS) is 1. The van der Waals surface area contributed by atoms with Crippen molar-refractivity contribution in [3.05, 3.63) is 0 Å². The molecule has 6 nitrogen and oxygen atoms in total. The van der Waals surface area contributed by atoms with Gasteiger partial charge < -0.3 is 10.4 Å². The van der Waals surface area contributed by atoms with Gasteiger partial charge in [0.2, 0.25) is 11.0 Å². The van der Waals surface area contributed by atoms with Crippen LogP contribution in [0.15, 0.2) is 4.34 Å². The fourth-order valence-corrected chi connectivity index (χ4v) is 3.49. The molecule has 104 valence electrons. The fraction of sp³-hybridized carbons (Fsp3) is 0.636. The SMILES string of the molecule is O=C(O)CSc1nnc(NC(=O)C2CCCCC2)s1. The van der Waals surface area contributed by atoms with E-state index < -0.39 is 5.97 Å². The lowest BCUT2D eigenvalue weighted by Crippen LogP contribution is -2.24. The van der Waals surface area contributed by atoms with Crippen molar-refractivity contribution >= 4 is 40.1 Å². The van der Waals surface area contributed by atoms with E-state index in [1.54, 1.807) is 0 Å². The maximum absolute atomic E-state index is 12.0. The summed E-state index contributed by atoms with van der Waals surface area (Å²) in [7, 11) is 0. The monoisotopic (exact) mass is 301 g/mol. The Hall–Kier alpha value is -1.15. The van der Waals surface area contributed by atoms with Crippen molar-refractivity contribution < 1.29 is 14.7 Å². The van der Waals surface area contributed by atoms with E-state index in [4.69, 9.17) is 5.11 Å². The third-order valence-corrected chi connectivity index (χ3v) is 4.89. The molecule has 8 heteroatoms. The highest BCUT2D eigenvalue weighted by Crippen LogP contribution is 2.28. The Labute approximate surface area is 119 Å². The molecular formula is C11H15N3O3S2. The van der Waals surface area contributed by atoms with Crippen LogP contribution >= 0.6 is 23.1 Å². The highest BCUT2D eigenvalue weighted by Gasteiger charge is 2.22. The van der Waals surface area contributed by atoms with Crippen LogP contribution in [0.25, 0.3) is 0 Å². The standard InChI is InChI=1S/C11H15N3O3S2/c15-8(16)6-18-11-14-13-10(19-11)12-9(17)7-4-2-1-3-5-7/h7H,1-6H2,(H,15,16)(H,12,13,17). The number of rotatable bonds is 5. The molecule has 1 saturated carbocycles. The van der Waals surface area contributed by atoms with Crippen molar-refractivity contribution in [1.82, 2.24) is 10.2 Å². The number of aromatic nitrogens is 2. The van der Waals surface area contributed by atoms with Gasteiger partial charge in [-0.2, -0.15) is 0 Å². The molecule has 0 radical (unpaired) electrons. The zero-order chi connectivity index (χ0) is 13.7. The zero-order valence-corrected chi connectivity index (χ0v) is 11.9. The van der Waals surface area contributed by atoms with Gasteiger partial charge in [0, 0.05) is 5.92 Å². The molecule has 1 aliphatic carbocycles. The van der Waals surface area contributed by atoms with Gasteiger partial charge in [0.1, 0.15) is 0 Å². The van der Waals surface area contributed by atoms with Crippen LogP contribution in [0.4, 0.5) is 5.13 Å². The topological polar surface area (TPSA) is 92.2 Å². The molecule has 0 aromatic carbocycles. The van der Waals surface area contributed by atoms with Gasteiger partial charge in [-0.15, -0.1) is 10.2 Å². The van der Waals surface area contributed by atoms with Crippen molar-refractivity contribution in [3.63, 3.8) is 0 Å². The minimum Gasteiger partial charge on any atom is -0.481 e. The maximum Gasteiger partial charge on any atom is 0.313 e. The van der Waals surface area contributed by atoms with E-state index in [-0.39, 0.29) is 17.6 Å². The number of aliphatic carboxylic acids is 1.